The number of benzene rings is 3. The van der Waals surface area contributed by atoms with E-state index in [1.54, 1.807) is 6.07 Å². The third-order valence-corrected chi connectivity index (χ3v) is 10.5. The van der Waals surface area contributed by atoms with Crippen LogP contribution in [0.3, 0.4) is 0 Å². The van der Waals surface area contributed by atoms with Crippen molar-refractivity contribution in [2.24, 2.45) is 5.92 Å². The highest BCUT2D eigenvalue weighted by atomic mass is 16.5. The van der Waals surface area contributed by atoms with Gasteiger partial charge in [-0.05, 0) is 85.5 Å². The van der Waals surface area contributed by atoms with Gasteiger partial charge in [-0.15, -0.1) is 0 Å². The van der Waals surface area contributed by atoms with Crippen LogP contribution >= 0.6 is 0 Å². The van der Waals surface area contributed by atoms with Crippen molar-refractivity contribution >= 4 is 16.7 Å². The van der Waals surface area contributed by atoms with Crippen molar-refractivity contribution in [1.29, 1.82) is 0 Å². The standard InChI is InChI=1S/C32H34N2O4/c1-33(30(36)23-9-8-20-4-2-3-5-21(20)16-23)24-12-13-32(37)26-17-22-10-11-25(35)28-27(22)31(32,29(24)38-28)14-15-34(26)18-19-6-7-19/h2-5,8-11,16,19,24,26,29,35,37H,6-7,12-15,17-18H2,1H3/t24-,26-,29+,31+,32-/m1/s1. The fourth-order valence-electron chi connectivity index (χ4n) is 8.53. The van der Waals surface area contributed by atoms with E-state index in [2.05, 4.69) is 11.0 Å². The van der Waals surface area contributed by atoms with Crippen LogP contribution in [0, 0.1) is 5.92 Å². The smallest absolute Gasteiger partial charge is 0.253 e. The zero-order chi connectivity index (χ0) is 25.8. The Morgan fingerprint density at radius 2 is 1.89 bits per heavy atom. The molecule has 1 amide bonds. The van der Waals surface area contributed by atoms with Crippen LogP contribution in [0.4, 0.5) is 0 Å². The van der Waals surface area contributed by atoms with Crippen LogP contribution in [0.2, 0.25) is 0 Å². The summed E-state index contributed by atoms with van der Waals surface area (Å²) in [6, 6.07) is 17.6. The summed E-state index contributed by atoms with van der Waals surface area (Å²) in [6.45, 7) is 1.96. The Morgan fingerprint density at radius 3 is 2.71 bits per heavy atom. The first-order chi connectivity index (χ1) is 18.4. The summed E-state index contributed by atoms with van der Waals surface area (Å²) >= 11 is 0. The predicted octanol–water partition coefficient (Wildman–Crippen LogP) is 4.25. The molecule has 8 rings (SSSR count). The van der Waals surface area contributed by atoms with Crippen LogP contribution in [-0.4, -0.2) is 69.8 Å². The summed E-state index contributed by atoms with van der Waals surface area (Å²) in [5.41, 5.74) is 1.27. The van der Waals surface area contributed by atoms with Gasteiger partial charge in [-0.1, -0.05) is 36.4 Å². The first-order valence-electron chi connectivity index (χ1n) is 14.1. The number of carbonyl (C=O) groups is 1. The van der Waals surface area contributed by atoms with Gasteiger partial charge in [0, 0.05) is 30.8 Å². The van der Waals surface area contributed by atoms with Crippen molar-refractivity contribution in [1.82, 2.24) is 9.80 Å². The zero-order valence-corrected chi connectivity index (χ0v) is 21.8. The van der Waals surface area contributed by atoms with Gasteiger partial charge in [-0.2, -0.15) is 0 Å². The van der Waals surface area contributed by atoms with Crippen molar-refractivity contribution in [3.63, 3.8) is 0 Å². The van der Waals surface area contributed by atoms with Crippen LogP contribution in [0.15, 0.2) is 54.6 Å². The van der Waals surface area contributed by atoms with E-state index in [0.29, 0.717) is 24.2 Å². The molecule has 6 heteroatoms. The van der Waals surface area contributed by atoms with E-state index in [4.69, 9.17) is 4.74 Å². The average molecular weight is 511 g/mol. The largest absolute Gasteiger partial charge is 0.504 e. The number of carbonyl (C=O) groups excluding carboxylic acids is 1. The second kappa shape index (κ2) is 7.73. The minimum absolute atomic E-state index is 0.0355. The van der Waals surface area contributed by atoms with Crippen molar-refractivity contribution in [2.75, 3.05) is 20.1 Å². The molecule has 5 atom stereocenters. The molecule has 0 unspecified atom stereocenters. The van der Waals surface area contributed by atoms with Crippen LogP contribution in [-0.2, 0) is 11.8 Å². The number of aliphatic hydroxyl groups is 1. The molecule has 5 aliphatic rings. The topological polar surface area (TPSA) is 73.2 Å². The molecule has 2 bridgehead atoms. The van der Waals surface area contributed by atoms with E-state index < -0.39 is 17.1 Å². The zero-order valence-electron chi connectivity index (χ0n) is 21.8. The Morgan fingerprint density at radius 1 is 1.08 bits per heavy atom. The number of ether oxygens (including phenoxy) is 1. The molecule has 3 aliphatic carbocycles. The van der Waals surface area contributed by atoms with Gasteiger partial charge in [0.25, 0.3) is 5.91 Å². The van der Waals surface area contributed by atoms with Gasteiger partial charge in [-0.25, -0.2) is 0 Å². The molecular formula is C32H34N2O4. The first-order valence-corrected chi connectivity index (χ1v) is 14.1. The lowest BCUT2D eigenvalue weighted by molar-refractivity contribution is -0.197. The second-order valence-corrected chi connectivity index (χ2v) is 12.4. The predicted molar refractivity (Wildman–Crippen MR) is 145 cm³/mol. The van der Waals surface area contributed by atoms with E-state index in [9.17, 15) is 15.0 Å². The number of likely N-dealkylation sites (N-methyl/N-ethyl adjacent to an activating group) is 1. The van der Waals surface area contributed by atoms with E-state index in [0.717, 1.165) is 48.2 Å². The Bertz CT molecular complexity index is 1480. The van der Waals surface area contributed by atoms with Crippen molar-refractivity contribution in [3.05, 3.63) is 71.3 Å². The van der Waals surface area contributed by atoms with Gasteiger partial charge in [0.1, 0.15) is 6.10 Å². The summed E-state index contributed by atoms with van der Waals surface area (Å²) in [5.74, 6) is 1.38. The number of phenols is 1. The maximum absolute atomic E-state index is 13.9. The van der Waals surface area contributed by atoms with Gasteiger partial charge >= 0.3 is 0 Å². The molecule has 2 saturated carbocycles. The number of nitrogens with zero attached hydrogens (tertiary/aromatic N) is 2. The number of piperidine rings is 1. The molecular weight excluding hydrogens is 476 g/mol. The van der Waals surface area contributed by atoms with Gasteiger partial charge in [-0.3, -0.25) is 9.69 Å². The Hall–Kier alpha value is -3.09. The fraction of sp³-hybridized carbons (Fsp3) is 0.469. The Kier molecular flexibility index (Phi) is 4.65. The molecule has 38 heavy (non-hydrogen) atoms. The van der Waals surface area contributed by atoms with Crippen LogP contribution in [0.5, 0.6) is 11.5 Å². The van der Waals surface area contributed by atoms with E-state index in [-0.39, 0.29) is 23.7 Å². The number of likely N-dealkylation sites (tertiary alicyclic amines) is 1. The highest BCUT2D eigenvalue weighted by Gasteiger charge is 2.73. The molecule has 0 radical (unpaired) electrons. The van der Waals surface area contributed by atoms with Gasteiger partial charge in [0.05, 0.1) is 17.1 Å². The van der Waals surface area contributed by atoms with Crippen LogP contribution in [0.1, 0.15) is 53.6 Å². The van der Waals surface area contributed by atoms with Crippen LogP contribution < -0.4 is 4.74 Å². The van der Waals surface area contributed by atoms with Crippen molar-refractivity contribution in [3.8, 4) is 11.5 Å². The van der Waals surface area contributed by atoms with Gasteiger partial charge < -0.3 is 19.8 Å². The summed E-state index contributed by atoms with van der Waals surface area (Å²) in [4.78, 5) is 18.2. The van der Waals surface area contributed by atoms with Gasteiger partial charge in [0.2, 0.25) is 0 Å². The number of rotatable bonds is 4. The number of phenolic OH excluding ortho intramolecular Hbond substituents is 1. The summed E-state index contributed by atoms with van der Waals surface area (Å²) < 4.78 is 6.67. The highest BCUT2D eigenvalue weighted by molar-refractivity contribution is 5.98. The monoisotopic (exact) mass is 510 g/mol. The van der Waals surface area contributed by atoms with Crippen LogP contribution in [0.25, 0.3) is 10.8 Å². The minimum Gasteiger partial charge on any atom is -0.504 e. The maximum Gasteiger partial charge on any atom is 0.253 e. The molecule has 3 aromatic carbocycles. The summed E-state index contributed by atoms with van der Waals surface area (Å²) in [6.07, 6.45) is 5.01. The third-order valence-electron chi connectivity index (χ3n) is 10.5. The molecule has 2 N–H and O–H groups in total. The highest BCUT2D eigenvalue weighted by Crippen LogP contribution is 2.66. The number of amides is 1. The Labute approximate surface area is 222 Å². The second-order valence-electron chi connectivity index (χ2n) is 12.4. The van der Waals surface area contributed by atoms with Gasteiger partial charge in [0.15, 0.2) is 11.5 Å². The normalized spacial score (nSPS) is 33.1. The quantitative estimate of drug-likeness (QED) is 0.549. The number of aromatic hydroxyl groups is 1. The molecule has 1 saturated heterocycles. The lowest BCUT2D eigenvalue weighted by Crippen LogP contribution is -2.78. The number of hydrogen-bond donors (Lipinski definition) is 2. The minimum atomic E-state index is -0.944. The molecule has 3 fully saturated rings. The average Bonchev–Trinajstić information content (AvgIpc) is 3.67. The number of hydrogen-bond acceptors (Lipinski definition) is 5. The molecule has 2 heterocycles. The molecule has 6 nitrogen and oxygen atoms in total. The lowest BCUT2D eigenvalue weighted by atomic mass is 9.48. The molecule has 2 aliphatic heterocycles. The molecule has 1 spiro atoms. The fourth-order valence-corrected chi connectivity index (χ4v) is 8.53. The summed E-state index contributed by atoms with van der Waals surface area (Å²) in [7, 11) is 1.87. The molecule has 196 valence electrons. The first kappa shape index (κ1) is 22.9. The number of fused-ring (bicyclic) bond motifs is 1. The van der Waals surface area contributed by atoms with Crippen molar-refractivity contribution in [2.45, 2.75) is 67.7 Å². The third kappa shape index (κ3) is 2.88. The van der Waals surface area contributed by atoms with Crippen molar-refractivity contribution < 1.29 is 19.7 Å². The SMILES string of the molecule is CN(C(=O)c1ccc2ccccc2c1)[C@@H]1CC[C@@]2(O)[C@H]3Cc4ccc(O)c5c4[C@@]2(CCN3CC2CC2)[C@H]1O5. The maximum atomic E-state index is 13.9. The Balaban J connectivity index is 1.20. The lowest BCUT2D eigenvalue weighted by Gasteiger charge is -2.64. The molecule has 3 aromatic rings. The van der Waals surface area contributed by atoms with E-state index in [1.807, 2.05) is 54.4 Å². The molecule has 0 aromatic heterocycles. The van der Waals surface area contributed by atoms with E-state index >= 15 is 0 Å². The summed E-state index contributed by atoms with van der Waals surface area (Å²) in [5, 5.41) is 25.7. The van der Waals surface area contributed by atoms with E-state index in [1.165, 1.54) is 18.4 Å².